The molecule has 4 aliphatic rings. The molecule has 9 unspecified atom stereocenters. The van der Waals surface area contributed by atoms with Crippen LogP contribution in [0.2, 0.25) is 0 Å². The number of aliphatic hydroxyl groups is 6. The van der Waals surface area contributed by atoms with Crippen molar-refractivity contribution < 1.29 is 68.8 Å². The second kappa shape index (κ2) is 17.2. The zero-order valence-electron chi connectivity index (χ0n) is 29.8. The van der Waals surface area contributed by atoms with E-state index in [0.29, 0.717) is 12.0 Å². The maximum Gasteiger partial charge on any atom is 0.311 e. The number of rotatable bonds is 12. The number of hydrogen-bond acceptors (Lipinski definition) is 15. The number of esters is 2. The highest BCUT2D eigenvalue weighted by atomic mass is 16.6. The fourth-order valence-corrected chi connectivity index (χ4v) is 7.54. The van der Waals surface area contributed by atoms with E-state index in [0.717, 1.165) is 35.2 Å². The maximum atomic E-state index is 13.4. The molecule has 2 saturated heterocycles. The first kappa shape index (κ1) is 39.6. The number of likely N-dealkylation sites (N-methyl/N-ethyl adjacent to an activating group) is 1. The van der Waals surface area contributed by atoms with Gasteiger partial charge in [0.1, 0.15) is 12.2 Å². The van der Waals surface area contributed by atoms with Crippen molar-refractivity contribution in [3.05, 3.63) is 47.0 Å². The summed E-state index contributed by atoms with van der Waals surface area (Å²) in [5, 5.41) is 64.2. The number of hydrogen-bond donors (Lipinski definition) is 8. The van der Waals surface area contributed by atoms with E-state index in [1.807, 2.05) is 19.2 Å². The minimum Gasteiger partial charge on any atom is -0.422 e. The molecule has 17 heteroatoms. The van der Waals surface area contributed by atoms with Gasteiger partial charge in [-0.3, -0.25) is 24.1 Å². The van der Waals surface area contributed by atoms with E-state index in [1.165, 1.54) is 6.07 Å². The average molecular weight is 758 g/mol. The number of fused-ring (bicyclic) bond motifs is 2. The van der Waals surface area contributed by atoms with Gasteiger partial charge in [0, 0.05) is 43.8 Å². The normalized spacial score (nSPS) is 29.0. The first-order valence-electron chi connectivity index (χ1n) is 18.1. The zero-order chi connectivity index (χ0) is 38.7. The second-order valence-corrected chi connectivity index (χ2v) is 14.2. The van der Waals surface area contributed by atoms with E-state index in [2.05, 4.69) is 21.6 Å². The summed E-state index contributed by atoms with van der Waals surface area (Å²) in [4.78, 5) is 54.3. The van der Waals surface area contributed by atoms with Crippen LogP contribution < -0.4 is 20.1 Å². The highest BCUT2D eigenvalue weighted by Crippen LogP contribution is 2.51. The first-order valence-corrected chi connectivity index (χ1v) is 18.1. The topological polar surface area (TPSA) is 254 Å². The fraction of sp³-hybridized carbons (Fsp3) is 0.568. The molecule has 0 spiro atoms. The molecule has 1 aliphatic carbocycles. The van der Waals surface area contributed by atoms with E-state index in [4.69, 9.17) is 18.9 Å². The van der Waals surface area contributed by atoms with Crippen molar-refractivity contribution in [3.8, 4) is 22.6 Å². The second-order valence-electron chi connectivity index (χ2n) is 14.2. The zero-order valence-corrected chi connectivity index (χ0v) is 29.8. The van der Waals surface area contributed by atoms with Gasteiger partial charge in [-0.05, 0) is 48.2 Å². The molecular formula is C37H47N3O14. The molecule has 0 bridgehead atoms. The minimum absolute atomic E-state index is 0.0139. The Morgan fingerprint density at radius 2 is 1.35 bits per heavy atom. The lowest BCUT2D eigenvalue weighted by Gasteiger charge is -2.40. The Morgan fingerprint density at radius 3 is 1.93 bits per heavy atom. The van der Waals surface area contributed by atoms with Crippen LogP contribution >= 0.6 is 0 Å². The highest BCUT2D eigenvalue weighted by molar-refractivity contribution is 5.89. The van der Waals surface area contributed by atoms with E-state index in [9.17, 15) is 49.8 Å². The van der Waals surface area contributed by atoms with E-state index in [-0.39, 0.29) is 49.6 Å². The molecule has 2 fully saturated rings. The Morgan fingerprint density at radius 1 is 0.778 bits per heavy atom. The predicted octanol–water partition coefficient (Wildman–Crippen LogP) is -1.30. The molecule has 6 rings (SSSR count). The Bertz CT molecular complexity index is 1720. The number of ether oxygens (including phenoxy) is 4. The summed E-state index contributed by atoms with van der Waals surface area (Å²) >= 11 is 0. The van der Waals surface area contributed by atoms with Gasteiger partial charge >= 0.3 is 11.9 Å². The van der Waals surface area contributed by atoms with Gasteiger partial charge in [-0.15, -0.1) is 0 Å². The molecule has 2 aromatic rings. The van der Waals surface area contributed by atoms with Crippen molar-refractivity contribution >= 4 is 23.8 Å². The van der Waals surface area contributed by atoms with Crippen LogP contribution in [-0.4, -0.2) is 135 Å². The van der Waals surface area contributed by atoms with Crippen LogP contribution in [0.5, 0.6) is 11.5 Å². The fourth-order valence-electron chi connectivity index (χ4n) is 7.54. The lowest BCUT2D eigenvalue weighted by molar-refractivity contribution is -0.221. The lowest BCUT2D eigenvalue weighted by Crippen LogP contribution is -2.55. The number of nitrogens with one attached hydrogen (secondary N) is 2. The molecule has 0 aromatic heterocycles. The number of nitrogens with zero attached hydrogens (tertiary/aromatic N) is 1. The minimum atomic E-state index is -1.47. The van der Waals surface area contributed by atoms with Crippen LogP contribution in [0.3, 0.4) is 0 Å². The predicted molar refractivity (Wildman–Crippen MR) is 185 cm³/mol. The number of amides is 2. The third-order valence-electron chi connectivity index (χ3n) is 10.5. The van der Waals surface area contributed by atoms with Gasteiger partial charge < -0.3 is 60.2 Å². The lowest BCUT2D eigenvalue weighted by atomic mass is 9.77. The van der Waals surface area contributed by atoms with Crippen LogP contribution in [0, 0.1) is 0 Å². The van der Waals surface area contributed by atoms with E-state index >= 15 is 0 Å². The van der Waals surface area contributed by atoms with E-state index < -0.39 is 92.5 Å². The summed E-state index contributed by atoms with van der Waals surface area (Å²) in [5.74, 6) is -2.94. The third kappa shape index (κ3) is 8.75. The van der Waals surface area contributed by atoms with Crippen molar-refractivity contribution in [1.29, 1.82) is 0 Å². The Kier molecular flexibility index (Phi) is 12.6. The molecule has 54 heavy (non-hydrogen) atoms. The molecule has 9 atom stereocenters. The summed E-state index contributed by atoms with van der Waals surface area (Å²) < 4.78 is 21.9. The molecular weight excluding hydrogens is 710 g/mol. The smallest absolute Gasteiger partial charge is 0.311 e. The van der Waals surface area contributed by atoms with Crippen molar-refractivity contribution in [2.75, 3.05) is 26.8 Å². The standard InChI is InChI=1S/C37H47N3O14/c1-40-12-11-18-3-2-4-20-33(18)23(40)13-19-5-6-26(51-31(47)9-7-29(45)38-21-14-24(43)27(16-41)52-36(21)49)35(34(19)20)54-32(48)10-8-30(46)39-22-15-25(44)28(17-42)53-37(22)50/h2-6,21-25,27-28,36-37,41-44,49-50H,7-17H2,1H3,(H,38,45)(H,39,46). The van der Waals surface area contributed by atoms with Crippen molar-refractivity contribution in [1.82, 2.24) is 15.5 Å². The highest BCUT2D eigenvalue weighted by Gasteiger charge is 2.39. The molecule has 8 N–H and O–H groups in total. The average Bonchev–Trinajstić information content (AvgIpc) is 3.14. The number of aliphatic hydroxyl groups excluding tert-OH is 6. The van der Waals surface area contributed by atoms with Crippen LogP contribution in [0.25, 0.3) is 11.1 Å². The quantitative estimate of drug-likeness (QED) is 0.0926. The molecule has 2 amide bonds. The molecule has 3 heterocycles. The Hall–Kier alpha value is -4.04. The molecule has 294 valence electrons. The molecule has 0 radical (unpaired) electrons. The van der Waals surface area contributed by atoms with Gasteiger partial charge in [0.15, 0.2) is 24.1 Å². The summed E-state index contributed by atoms with van der Waals surface area (Å²) in [7, 11) is 2.05. The van der Waals surface area contributed by atoms with E-state index in [1.54, 1.807) is 6.07 Å². The SMILES string of the molecule is CN1CCc2cccc3c2C1Cc1ccc(OC(=O)CCC(=O)NC2CC(O)C(CO)OC2O)c(OC(=O)CCC(=O)NC2CC(O)C(CO)OC2O)c1-3. The third-order valence-corrected chi connectivity index (χ3v) is 10.5. The Balaban J connectivity index is 1.16. The summed E-state index contributed by atoms with van der Waals surface area (Å²) in [6.07, 6.45) is -7.35. The largest absolute Gasteiger partial charge is 0.422 e. The van der Waals surface area contributed by atoms with Gasteiger partial charge in [0.2, 0.25) is 11.8 Å². The molecule has 17 nitrogen and oxygen atoms in total. The number of carbonyl (C=O) groups excluding carboxylic acids is 4. The van der Waals surface area contributed by atoms with Gasteiger partial charge in [0.25, 0.3) is 0 Å². The monoisotopic (exact) mass is 757 g/mol. The van der Waals surface area contributed by atoms with Crippen molar-refractivity contribution in [2.24, 2.45) is 0 Å². The number of carbonyl (C=O) groups is 4. The summed E-state index contributed by atoms with van der Waals surface area (Å²) in [5.41, 5.74) is 4.47. The van der Waals surface area contributed by atoms with Crippen LogP contribution in [0.4, 0.5) is 0 Å². The van der Waals surface area contributed by atoms with Gasteiger partial charge in [-0.25, -0.2) is 0 Å². The molecule has 2 aromatic carbocycles. The van der Waals surface area contributed by atoms with Crippen molar-refractivity contribution in [3.63, 3.8) is 0 Å². The van der Waals surface area contributed by atoms with Crippen LogP contribution in [0.15, 0.2) is 30.3 Å². The molecule has 3 aliphatic heterocycles. The summed E-state index contributed by atoms with van der Waals surface area (Å²) in [6, 6.07) is 7.35. The molecule has 0 saturated carbocycles. The van der Waals surface area contributed by atoms with Crippen molar-refractivity contribution in [2.45, 2.75) is 106 Å². The Labute approximate surface area is 310 Å². The maximum absolute atomic E-state index is 13.4. The number of benzene rings is 2. The summed E-state index contributed by atoms with van der Waals surface area (Å²) in [6.45, 7) is -0.153. The van der Waals surface area contributed by atoms with Gasteiger partial charge in [-0.1, -0.05) is 24.3 Å². The van der Waals surface area contributed by atoms with Gasteiger partial charge in [0.05, 0.1) is 50.3 Å². The first-order chi connectivity index (χ1) is 25.9. The van der Waals surface area contributed by atoms with Gasteiger partial charge in [-0.2, -0.15) is 0 Å². The van der Waals surface area contributed by atoms with Crippen LogP contribution in [-0.2, 0) is 41.5 Å². The van der Waals surface area contributed by atoms with Crippen LogP contribution in [0.1, 0.15) is 61.3 Å².